The number of nitrogens with zero attached hydrogens (tertiary/aromatic N) is 3. The molecule has 1 N–H and O–H groups in total. The molecule has 3 aromatic rings. The van der Waals surface area contributed by atoms with Gasteiger partial charge in [-0.15, -0.1) is 5.10 Å². The monoisotopic (exact) mass is 312 g/mol. The molecule has 23 heavy (non-hydrogen) atoms. The molecule has 0 spiro atoms. The van der Waals surface area contributed by atoms with Crippen molar-refractivity contribution in [3.8, 4) is 11.4 Å². The van der Waals surface area contributed by atoms with Crippen molar-refractivity contribution in [1.29, 1.82) is 0 Å². The fourth-order valence-corrected chi connectivity index (χ4v) is 2.09. The third-order valence-corrected chi connectivity index (χ3v) is 3.07. The molecule has 0 bridgehead atoms. The van der Waals surface area contributed by atoms with Gasteiger partial charge >= 0.3 is 0 Å². The fraction of sp³-hybridized carbons (Fsp3) is 0.176. The molecule has 6 heteroatoms. The lowest BCUT2D eigenvalue weighted by atomic mass is 10.3. The molecular weight excluding hydrogens is 295 g/mol. The average molecular weight is 312 g/mol. The molecular formula is C17H17FN4O. The number of rotatable bonds is 5. The molecule has 0 radical (unpaired) electrons. The number of ether oxygens (including phenoxy) is 1. The molecule has 0 saturated heterocycles. The Balaban J connectivity index is 1.81. The van der Waals surface area contributed by atoms with E-state index in [1.54, 1.807) is 23.1 Å². The molecule has 1 heterocycles. The molecule has 0 aliphatic rings. The Morgan fingerprint density at radius 3 is 2.65 bits per heavy atom. The van der Waals surface area contributed by atoms with Crippen LogP contribution in [0, 0.1) is 5.82 Å². The maximum absolute atomic E-state index is 13.9. The summed E-state index contributed by atoms with van der Waals surface area (Å²) in [6.07, 6.45) is 1.59. The van der Waals surface area contributed by atoms with E-state index in [9.17, 15) is 4.39 Å². The second-order valence-electron chi connectivity index (χ2n) is 5.28. The van der Waals surface area contributed by atoms with Gasteiger partial charge in [-0.3, -0.25) is 0 Å². The van der Waals surface area contributed by atoms with Gasteiger partial charge < -0.3 is 10.1 Å². The van der Waals surface area contributed by atoms with Gasteiger partial charge in [-0.2, -0.15) is 4.98 Å². The summed E-state index contributed by atoms with van der Waals surface area (Å²) in [5, 5.41) is 7.17. The van der Waals surface area contributed by atoms with Gasteiger partial charge in [0.2, 0.25) is 5.95 Å². The summed E-state index contributed by atoms with van der Waals surface area (Å²) in [6, 6.07) is 14.1. The van der Waals surface area contributed by atoms with Gasteiger partial charge in [0.1, 0.15) is 17.9 Å². The highest BCUT2D eigenvalue weighted by atomic mass is 19.1. The minimum atomic E-state index is -0.392. The highest BCUT2D eigenvalue weighted by molar-refractivity contribution is 5.56. The van der Waals surface area contributed by atoms with Crippen LogP contribution in [0.15, 0.2) is 54.9 Å². The predicted octanol–water partition coefficient (Wildman–Crippen LogP) is 3.94. The predicted molar refractivity (Wildman–Crippen MR) is 86.8 cm³/mol. The maximum Gasteiger partial charge on any atom is 0.247 e. The van der Waals surface area contributed by atoms with Gasteiger partial charge in [0.25, 0.3) is 0 Å². The van der Waals surface area contributed by atoms with Crippen molar-refractivity contribution in [2.24, 2.45) is 0 Å². The SMILES string of the molecule is CC(C)Oc1ccc(F)c(Nc2ncn(-c3ccccc3)n2)c1. The van der Waals surface area contributed by atoms with Crippen LogP contribution in [0.5, 0.6) is 5.75 Å². The van der Waals surface area contributed by atoms with E-state index in [0.29, 0.717) is 11.7 Å². The van der Waals surface area contributed by atoms with E-state index >= 15 is 0 Å². The highest BCUT2D eigenvalue weighted by Gasteiger charge is 2.09. The first kappa shape index (κ1) is 15.0. The standard InChI is InChI=1S/C17H17FN4O/c1-12(2)23-14-8-9-15(18)16(10-14)20-17-19-11-22(21-17)13-6-4-3-5-7-13/h3-12H,1-2H3,(H,20,21). The summed E-state index contributed by atoms with van der Waals surface area (Å²) < 4.78 is 21.1. The van der Waals surface area contributed by atoms with Crippen LogP contribution in [0.25, 0.3) is 5.69 Å². The Morgan fingerprint density at radius 2 is 1.91 bits per heavy atom. The van der Waals surface area contributed by atoms with Crippen LogP contribution in [-0.2, 0) is 0 Å². The van der Waals surface area contributed by atoms with E-state index in [1.807, 2.05) is 44.2 Å². The lowest BCUT2D eigenvalue weighted by Crippen LogP contribution is -2.06. The van der Waals surface area contributed by atoms with Crippen molar-refractivity contribution in [3.63, 3.8) is 0 Å². The second-order valence-corrected chi connectivity index (χ2v) is 5.28. The van der Waals surface area contributed by atoms with Gasteiger partial charge in [-0.1, -0.05) is 18.2 Å². The Bertz CT molecular complexity index is 786. The van der Waals surface area contributed by atoms with Crippen LogP contribution in [0.2, 0.25) is 0 Å². The summed E-state index contributed by atoms with van der Waals surface area (Å²) in [4.78, 5) is 4.15. The highest BCUT2D eigenvalue weighted by Crippen LogP contribution is 2.24. The molecule has 0 aliphatic heterocycles. The number of anilines is 2. The first-order valence-electron chi connectivity index (χ1n) is 7.32. The molecule has 0 atom stereocenters. The Hall–Kier alpha value is -2.89. The number of halogens is 1. The van der Waals surface area contributed by atoms with E-state index in [0.717, 1.165) is 5.69 Å². The van der Waals surface area contributed by atoms with Crippen LogP contribution < -0.4 is 10.1 Å². The Morgan fingerprint density at radius 1 is 1.13 bits per heavy atom. The van der Waals surface area contributed by atoms with E-state index in [4.69, 9.17) is 4.74 Å². The molecule has 5 nitrogen and oxygen atoms in total. The summed E-state index contributed by atoms with van der Waals surface area (Å²) in [7, 11) is 0. The number of hydrogen-bond acceptors (Lipinski definition) is 4. The third-order valence-electron chi connectivity index (χ3n) is 3.07. The van der Waals surface area contributed by atoms with Crippen molar-refractivity contribution >= 4 is 11.6 Å². The lowest BCUT2D eigenvalue weighted by molar-refractivity contribution is 0.242. The summed E-state index contributed by atoms with van der Waals surface area (Å²) >= 11 is 0. The van der Waals surface area contributed by atoms with Gasteiger partial charge in [0, 0.05) is 6.07 Å². The van der Waals surface area contributed by atoms with Crippen LogP contribution in [0.4, 0.5) is 16.0 Å². The molecule has 118 valence electrons. The van der Waals surface area contributed by atoms with Crippen molar-refractivity contribution in [2.75, 3.05) is 5.32 Å². The lowest BCUT2D eigenvalue weighted by Gasteiger charge is -2.11. The van der Waals surface area contributed by atoms with Crippen molar-refractivity contribution in [3.05, 3.63) is 60.7 Å². The topological polar surface area (TPSA) is 52.0 Å². The van der Waals surface area contributed by atoms with Crippen molar-refractivity contribution in [1.82, 2.24) is 14.8 Å². The van der Waals surface area contributed by atoms with Gasteiger partial charge in [-0.05, 0) is 38.1 Å². The largest absolute Gasteiger partial charge is 0.491 e. The van der Waals surface area contributed by atoms with E-state index in [1.165, 1.54) is 6.07 Å². The normalized spacial score (nSPS) is 10.8. The number of aromatic nitrogens is 3. The molecule has 0 unspecified atom stereocenters. The molecule has 1 aromatic heterocycles. The average Bonchev–Trinajstić information content (AvgIpc) is 3.00. The van der Waals surface area contributed by atoms with Gasteiger partial charge in [0.15, 0.2) is 0 Å². The van der Waals surface area contributed by atoms with Crippen molar-refractivity contribution in [2.45, 2.75) is 20.0 Å². The summed E-state index contributed by atoms with van der Waals surface area (Å²) in [6.45, 7) is 3.83. The first-order chi connectivity index (χ1) is 11.1. The Kier molecular flexibility index (Phi) is 4.23. The van der Waals surface area contributed by atoms with Crippen LogP contribution in [-0.4, -0.2) is 20.9 Å². The zero-order valence-corrected chi connectivity index (χ0v) is 12.9. The van der Waals surface area contributed by atoms with Crippen LogP contribution in [0.1, 0.15) is 13.8 Å². The molecule has 0 aliphatic carbocycles. The quantitative estimate of drug-likeness (QED) is 0.775. The zero-order valence-electron chi connectivity index (χ0n) is 12.9. The number of nitrogens with one attached hydrogen (secondary N) is 1. The molecule has 2 aromatic carbocycles. The van der Waals surface area contributed by atoms with Crippen LogP contribution >= 0.6 is 0 Å². The smallest absolute Gasteiger partial charge is 0.247 e. The summed E-state index contributed by atoms with van der Waals surface area (Å²) in [5.74, 6) is 0.512. The van der Waals surface area contributed by atoms with Crippen molar-refractivity contribution < 1.29 is 9.13 Å². The number of para-hydroxylation sites is 1. The molecule has 3 rings (SSSR count). The third kappa shape index (κ3) is 3.66. The minimum Gasteiger partial charge on any atom is -0.491 e. The summed E-state index contributed by atoms with van der Waals surface area (Å²) in [5.41, 5.74) is 1.15. The molecule has 0 saturated carbocycles. The number of hydrogen-bond donors (Lipinski definition) is 1. The van der Waals surface area contributed by atoms with E-state index < -0.39 is 5.82 Å². The fourth-order valence-electron chi connectivity index (χ4n) is 2.09. The second kappa shape index (κ2) is 6.48. The maximum atomic E-state index is 13.9. The minimum absolute atomic E-state index is 0.0173. The first-order valence-corrected chi connectivity index (χ1v) is 7.32. The molecule has 0 amide bonds. The van der Waals surface area contributed by atoms with E-state index in [2.05, 4.69) is 15.4 Å². The van der Waals surface area contributed by atoms with Gasteiger partial charge in [0.05, 0.1) is 17.5 Å². The number of benzene rings is 2. The van der Waals surface area contributed by atoms with Gasteiger partial charge in [-0.25, -0.2) is 9.07 Å². The van der Waals surface area contributed by atoms with Crippen LogP contribution in [0.3, 0.4) is 0 Å². The zero-order chi connectivity index (χ0) is 16.2. The van der Waals surface area contributed by atoms with E-state index in [-0.39, 0.29) is 11.8 Å². The molecule has 0 fully saturated rings. The Labute approximate surface area is 133 Å².